The first-order valence-corrected chi connectivity index (χ1v) is 5.68. The van der Waals surface area contributed by atoms with E-state index in [1.54, 1.807) is 25.3 Å². The minimum Gasteiger partial charge on any atom is -0.493 e. The summed E-state index contributed by atoms with van der Waals surface area (Å²) in [6.45, 7) is 8.94. The van der Waals surface area contributed by atoms with Crippen molar-refractivity contribution in [2.24, 2.45) is 5.41 Å². The molecular formula is C13H19NO3. The van der Waals surface area contributed by atoms with Crippen molar-refractivity contribution in [1.29, 1.82) is 0 Å². The van der Waals surface area contributed by atoms with Crippen LogP contribution in [0.15, 0.2) is 18.3 Å². The van der Waals surface area contributed by atoms with Gasteiger partial charge in [0.1, 0.15) is 5.75 Å². The molecule has 0 unspecified atom stereocenters. The molecule has 0 radical (unpaired) electrons. The average molecular weight is 237 g/mol. The Balaban J connectivity index is 2.69. The smallest absolute Gasteiger partial charge is 0.357 e. The molecule has 0 atom stereocenters. The molecule has 1 heterocycles. The zero-order valence-electron chi connectivity index (χ0n) is 10.8. The predicted molar refractivity (Wildman–Crippen MR) is 65.1 cm³/mol. The van der Waals surface area contributed by atoms with Gasteiger partial charge in [0.25, 0.3) is 0 Å². The van der Waals surface area contributed by atoms with Gasteiger partial charge in [0.05, 0.1) is 13.2 Å². The van der Waals surface area contributed by atoms with Crippen LogP contribution in [-0.2, 0) is 4.74 Å². The number of hydrogen-bond donors (Lipinski definition) is 0. The third-order valence-electron chi connectivity index (χ3n) is 1.89. The molecule has 0 saturated heterocycles. The van der Waals surface area contributed by atoms with Crippen molar-refractivity contribution in [3.05, 3.63) is 24.0 Å². The second kappa shape index (κ2) is 5.66. The molecular weight excluding hydrogens is 218 g/mol. The van der Waals surface area contributed by atoms with Gasteiger partial charge in [-0.15, -0.1) is 0 Å². The number of nitrogens with zero attached hydrogens (tertiary/aromatic N) is 1. The number of rotatable bonds is 4. The SMILES string of the molecule is CCOC(=O)c1cc(OCC(C)(C)C)ccn1. The van der Waals surface area contributed by atoms with Crippen LogP contribution in [-0.4, -0.2) is 24.2 Å². The standard InChI is InChI=1S/C13H19NO3/c1-5-16-12(15)11-8-10(6-7-14-11)17-9-13(2,3)4/h6-8H,5,9H2,1-4H3. The summed E-state index contributed by atoms with van der Waals surface area (Å²) >= 11 is 0. The Kier molecular flexibility index (Phi) is 4.49. The van der Waals surface area contributed by atoms with Crippen LogP contribution in [0.3, 0.4) is 0 Å². The van der Waals surface area contributed by atoms with E-state index in [0.29, 0.717) is 19.0 Å². The first-order valence-electron chi connectivity index (χ1n) is 5.68. The summed E-state index contributed by atoms with van der Waals surface area (Å²) in [4.78, 5) is 15.4. The summed E-state index contributed by atoms with van der Waals surface area (Å²) in [5, 5.41) is 0. The first-order chi connectivity index (χ1) is 7.92. The van der Waals surface area contributed by atoms with Crippen LogP contribution in [0.4, 0.5) is 0 Å². The number of carbonyl (C=O) groups is 1. The summed E-state index contributed by atoms with van der Waals surface area (Å²) in [5.41, 5.74) is 0.353. The van der Waals surface area contributed by atoms with Crippen molar-refractivity contribution in [3.8, 4) is 5.75 Å². The van der Waals surface area contributed by atoms with E-state index in [-0.39, 0.29) is 11.1 Å². The van der Waals surface area contributed by atoms with E-state index in [1.165, 1.54) is 0 Å². The predicted octanol–water partition coefficient (Wildman–Crippen LogP) is 2.68. The highest BCUT2D eigenvalue weighted by Crippen LogP contribution is 2.18. The molecule has 1 aromatic heterocycles. The fourth-order valence-corrected chi connectivity index (χ4v) is 1.12. The molecule has 0 aliphatic rings. The van der Waals surface area contributed by atoms with Gasteiger partial charge in [0.15, 0.2) is 5.69 Å². The van der Waals surface area contributed by atoms with Crippen molar-refractivity contribution < 1.29 is 14.3 Å². The fourth-order valence-electron chi connectivity index (χ4n) is 1.12. The number of pyridine rings is 1. The zero-order chi connectivity index (χ0) is 12.9. The highest BCUT2D eigenvalue weighted by molar-refractivity contribution is 5.87. The lowest BCUT2D eigenvalue weighted by Gasteiger charge is -2.18. The molecule has 0 aliphatic carbocycles. The molecule has 0 spiro atoms. The highest BCUT2D eigenvalue weighted by atomic mass is 16.5. The second-order valence-corrected chi connectivity index (χ2v) is 4.95. The molecule has 0 aliphatic heterocycles. The second-order valence-electron chi connectivity index (χ2n) is 4.95. The summed E-state index contributed by atoms with van der Waals surface area (Å²) in [7, 11) is 0. The van der Waals surface area contributed by atoms with Gasteiger partial charge in [-0.2, -0.15) is 0 Å². The van der Waals surface area contributed by atoms with Gasteiger partial charge in [-0.3, -0.25) is 0 Å². The molecule has 1 rings (SSSR count). The molecule has 0 bridgehead atoms. The van der Waals surface area contributed by atoms with E-state index in [2.05, 4.69) is 25.8 Å². The Hall–Kier alpha value is -1.58. The van der Waals surface area contributed by atoms with E-state index in [9.17, 15) is 4.79 Å². The third-order valence-corrected chi connectivity index (χ3v) is 1.89. The Bertz CT molecular complexity index is 382. The van der Waals surface area contributed by atoms with Gasteiger partial charge in [-0.25, -0.2) is 9.78 Å². The molecule has 17 heavy (non-hydrogen) atoms. The topological polar surface area (TPSA) is 48.4 Å². The molecule has 0 aromatic carbocycles. The highest BCUT2D eigenvalue weighted by Gasteiger charge is 2.13. The first kappa shape index (κ1) is 13.5. The lowest BCUT2D eigenvalue weighted by molar-refractivity contribution is 0.0518. The quantitative estimate of drug-likeness (QED) is 0.755. The number of aromatic nitrogens is 1. The minimum atomic E-state index is -0.422. The number of esters is 1. The van der Waals surface area contributed by atoms with E-state index in [4.69, 9.17) is 9.47 Å². The van der Waals surface area contributed by atoms with Gasteiger partial charge in [0, 0.05) is 12.3 Å². The number of hydrogen-bond acceptors (Lipinski definition) is 4. The largest absolute Gasteiger partial charge is 0.493 e. The molecule has 4 nitrogen and oxygen atoms in total. The number of ether oxygens (including phenoxy) is 2. The van der Waals surface area contributed by atoms with Crippen LogP contribution in [0.5, 0.6) is 5.75 Å². The maximum Gasteiger partial charge on any atom is 0.357 e. The maximum atomic E-state index is 11.5. The van der Waals surface area contributed by atoms with Gasteiger partial charge >= 0.3 is 5.97 Å². The Labute approximate surface area is 102 Å². The Morgan fingerprint density at radius 2 is 2.12 bits per heavy atom. The van der Waals surface area contributed by atoms with Crippen LogP contribution in [0, 0.1) is 5.41 Å². The van der Waals surface area contributed by atoms with E-state index >= 15 is 0 Å². The molecule has 0 fully saturated rings. The van der Waals surface area contributed by atoms with Crippen LogP contribution in [0.25, 0.3) is 0 Å². The summed E-state index contributed by atoms with van der Waals surface area (Å²) in [5.74, 6) is 0.215. The van der Waals surface area contributed by atoms with Gasteiger partial charge in [-0.05, 0) is 18.4 Å². The van der Waals surface area contributed by atoms with Gasteiger partial charge < -0.3 is 9.47 Å². The fraction of sp³-hybridized carbons (Fsp3) is 0.538. The van der Waals surface area contributed by atoms with Crippen LogP contribution in [0.1, 0.15) is 38.2 Å². The van der Waals surface area contributed by atoms with Crippen molar-refractivity contribution in [2.75, 3.05) is 13.2 Å². The van der Waals surface area contributed by atoms with Crippen molar-refractivity contribution in [1.82, 2.24) is 4.98 Å². The van der Waals surface area contributed by atoms with E-state index in [1.807, 2.05) is 0 Å². The van der Waals surface area contributed by atoms with Crippen LogP contribution >= 0.6 is 0 Å². The van der Waals surface area contributed by atoms with Crippen molar-refractivity contribution in [2.45, 2.75) is 27.7 Å². The monoisotopic (exact) mass is 237 g/mol. The maximum absolute atomic E-state index is 11.5. The zero-order valence-corrected chi connectivity index (χ0v) is 10.8. The lowest BCUT2D eigenvalue weighted by atomic mass is 9.99. The van der Waals surface area contributed by atoms with Crippen molar-refractivity contribution in [3.63, 3.8) is 0 Å². The Morgan fingerprint density at radius 1 is 1.41 bits per heavy atom. The minimum absolute atomic E-state index is 0.0767. The normalized spacial score (nSPS) is 11.1. The summed E-state index contributed by atoms with van der Waals surface area (Å²) < 4.78 is 10.5. The van der Waals surface area contributed by atoms with Gasteiger partial charge in [0.2, 0.25) is 0 Å². The summed E-state index contributed by atoms with van der Waals surface area (Å²) in [6, 6.07) is 3.33. The molecule has 4 heteroatoms. The summed E-state index contributed by atoms with van der Waals surface area (Å²) in [6.07, 6.45) is 1.55. The third kappa shape index (κ3) is 4.85. The van der Waals surface area contributed by atoms with E-state index in [0.717, 1.165) is 0 Å². The van der Waals surface area contributed by atoms with E-state index < -0.39 is 5.97 Å². The molecule has 94 valence electrons. The molecule has 0 saturated carbocycles. The number of carbonyl (C=O) groups excluding carboxylic acids is 1. The Morgan fingerprint density at radius 3 is 2.71 bits per heavy atom. The van der Waals surface area contributed by atoms with Gasteiger partial charge in [-0.1, -0.05) is 20.8 Å². The molecule has 0 N–H and O–H groups in total. The van der Waals surface area contributed by atoms with Crippen LogP contribution < -0.4 is 4.74 Å². The molecule has 0 amide bonds. The molecule has 1 aromatic rings. The average Bonchev–Trinajstić information content (AvgIpc) is 2.26. The van der Waals surface area contributed by atoms with Crippen molar-refractivity contribution >= 4 is 5.97 Å². The lowest BCUT2D eigenvalue weighted by Crippen LogP contribution is -2.17. The van der Waals surface area contributed by atoms with Crippen LogP contribution in [0.2, 0.25) is 0 Å².